The van der Waals surface area contributed by atoms with Gasteiger partial charge >= 0.3 is 0 Å². The average Bonchev–Trinajstić information content (AvgIpc) is 2.46. The molecule has 1 aromatic carbocycles. The number of carbonyl (C=O) groups excluding carboxylic acids is 2. The minimum Gasteiger partial charge on any atom is -0.285 e. The summed E-state index contributed by atoms with van der Waals surface area (Å²) in [6, 6.07) is 7.68. The maximum Gasteiger partial charge on any atom is 0.265 e. The standard InChI is InChI=1S/C16H18N2O2S/c1-4-17-14(19)13(15(20)18(5-2)16(17)21)10-12-8-6-11(3)7-9-12/h6-10H,4-5H2,1-3H3. The van der Waals surface area contributed by atoms with Gasteiger partial charge in [0.2, 0.25) is 0 Å². The van der Waals surface area contributed by atoms with Gasteiger partial charge in [0, 0.05) is 13.1 Å². The van der Waals surface area contributed by atoms with E-state index >= 15 is 0 Å². The van der Waals surface area contributed by atoms with Gasteiger partial charge in [-0.05, 0) is 44.6 Å². The first-order chi connectivity index (χ1) is 9.99. The molecule has 0 saturated carbocycles. The molecule has 2 amide bonds. The van der Waals surface area contributed by atoms with Crippen LogP contribution in [0.15, 0.2) is 29.8 Å². The van der Waals surface area contributed by atoms with E-state index in [-0.39, 0.29) is 22.5 Å². The molecular formula is C16H18N2O2S. The van der Waals surface area contributed by atoms with E-state index in [0.29, 0.717) is 13.1 Å². The van der Waals surface area contributed by atoms with Crippen LogP contribution >= 0.6 is 12.2 Å². The fraction of sp³-hybridized carbons (Fsp3) is 0.312. The Kier molecular flexibility index (Phi) is 4.53. The molecule has 0 radical (unpaired) electrons. The molecule has 1 saturated heterocycles. The zero-order valence-electron chi connectivity index (χ0n) is 12.4. The molecule has 110 valence electrons. The van der Waals surface area contributed by atoms with E-state index < -0.39 is 0 Å². The summed E-state index contributed by atoms with van der Waals surface area (Å²) >= 11 is 5.22. The molecule has 4 nitrogen and oxygen atoms in total. The van der Waals surface area contributed by atoms with Gasteiger partial charge < -0.3 is 0 Å². The van der Waals surface area contributed by atoms with E-state index in [9.17, 15) is 9.59 Å². The van der Waals surface area contributed by atoms with Gasteiger partial charge in [0.1, 0.15) is 5.57 Å². The number of carbonyl (C=O) groups is 2. The summed E-state index contributed by atoms with van der Waals surface area (Å²) in [5.74, 6) is -0.643. The van der Waals surface area contributed by atoms with Crippen molar-refractivity contribution in [3.05, 3.63) is 41.0 Å². The molecule has 0 spiro atoms. The molecule has 1 aliphatic heterocycles. The normalized spacial score (nSPS) is 15.8. The Hall–Kier alpha value is -2.01. The first-order valence-corrected chi connectivity index (χ1v) is 7.36. The number of nitrogens with zero attached hydrogens (tertiary/aromatic N) is 2. The predicted molar refractivity (Wildman–Crippen MR) is 86.5 cm³/mol. The first-order valence-electron chi connectivity index (χ1n) is 6.95. The summed E-state index contributed by atoms with van der Waals surface area (Å²) in [5.41, 5.74) is 2.12. The molecule has 0 atom stereocenters. The lowest BCUT2D eigenvalue weighted by Gasteiger charge is -2.35. The van der Waals surface area contributed by atoms with Gasteiger partial charge in [-0.1, -0.05) is 29.8 Å². The van der Waals surface area contributed by atoms with Crippen molar-refractivity contribution in [2.75, 3.05) is 13.1 Å². The third-order valence-corrected chi connectivity index (χ3v) is 3.87. The average molecular weight is 302 g/mol. The van der Waals surface area contributed by atoms with Gasteiger partial charge in [0.15, 0.2) is 5.11 Å². The van der Waals surface area contributed by atoms with Crippen molar-refractivity contribution in [2.24, 2.45) is 0 Å². The number of thiocarbonyl (C=S) groups is 1. The van der Waals surface area contributed by atoms with Gasteiger partial charge in [-0.3, -0.25) is 19.4 Å². The van der Waals surface area contributed by atoms with E-state index in [4.69, 9.17) is 12.2 Å². The molecule has 1 heterocycles. The van der Waals surface area contributed by atoms with Gasteiger partial charge in [-0.25, -0.2) is 0 Å². The van der Waals surface area contributed by atoms with Crippen molar-refractivity contribution in [3.8, 4) is 0 Å². The van der Waals surface area contributed by atoms with Crippen molar-refractivity contribution in [1.82, 2.24) is 9.80 Å². The van der Waals surface area contributed by atoms with Crippen molar-refractivity contribution < 1.29 is 9.59 Å². The third-order valence-electron chi connectivity index (χ3n) is 3.43. The fourth-order valence-electron chi connectivity index (χ4n) is 2.21. The number of likely N-dealkylation sites (N-methyl/N-ethyl adjacent to an activating group) is 2. The van der Waals surface area contributed by atoms with Gasteiger partial charge in [0.05, 0.1) is 0 Å². The molecule has 0 N–H and O–H groups in total. The lowest BCUT2D eigenvalue weighted by molar-refractivity contribution is -0.133. The Morgan fingerprint density at radius 2 is 1.48 bits per heavy atom. The van der Waals surface area contributed by atoms with Gasteiger partial charge in [-0.2, -0.15) is 0 Å². The second-order valence-electron chi connectivity index (χ2n) is 4.85. The minimum atomic E-state index is -0.322. The Morgan fingerprint density at radius 1 is 1.00 bits per heavy atom. The zero-order chi connectivity index (χ0) is 15.6. The molecule has 21 heavy (non-hydrogen) atoms. The van der Waals surface area contributed by atoms with E-state index in [1.165, 1.54) is 9.80 Å². The summed E-state index contributed by atoms with van der Waals surface area (Å²) in [6.07, 6.45) is 1.64. The number of hydrogen-bond acceptors (Lipinski definition) is 3. The molecule has 0 unspecified atom stereocenters. The van der Waals surface area contributed by atoms with E-state index in [2.05, 4.69) is 0 Å². The van der Waals surface area contributed by atoms with Crippen LogP contribution in [0.5, 0.6) is 0 Å². The summed E-state index contributed by atoms with van der Waals surface area (Å²) in [5, 5.41) is 0.288. The summed E-state index contributed by atoms with van der Waals surface area (Å²) in [7, 11) is 0. The molecule has 1 fully saturated rings. The van der Waals surface area contributed by atoms with Crippen molar-refractivity contribution in [1.29, 1.82) is 0 Å². The maximum atomic E-state index is 12.4. The zero-order valence-corrected chi connectivity index (χ0v) is 13.2. The second kappa shape index (κ2) is 6.18. The molecule has 0 bridgehead atoms. The maximum absolute atomic E-state index is 12.4. The van der Waals surface area contributed by atoms with Crippen molar-refractivity contribution >= 4 is 35.2 Å². The van der Waals surface area contributed by atoms with Crippen LogP contribution in [0.1, 0.15) is 25.0 Å². The van der Waals surface area contributed by atoms with Crippen LogP contribution in [-0.2, 0) is 9.59 Å². The Labute approximate surface area is 130 Å². The minimum absolute atomic E-state index is 0.163. The predicted octanol–water partition coefficient (Wildman–Crippen LogP) is 2.37. The lowest BCUT2D eigenvalue weighted by atomic mass is 10.1. The van der Waals surface area contributed by atoms with Gasteiger partial charge in [0.25, 0.3) is 11.8 Å². The highest BCUT2D eigenvalue weighted by molar-refractivity contribution is 7.80. The van der Waals surface area contributed by atoms with E-state index in [1.807, 2.05) is 45.0 Å². The molecular weight excluding hydrogens is 284 g/mol. The quantitative estimate of drug-likeness (QED) is 0.489. The highest BCUT2D eigenvalue weighted by Gasteiger charge is 2.37. The van der Waals surface area contributed by atoms with E-state index in [0.717, 1.165) is 11.1 Å². The van der Waals surface area contributed by atoms with Crippen LogP contribution in [-0.4, -0.2) is 39.8 Å². The third kappa shape index (κ3) is 2.88. The molecule has 0 aromatic heterocycles. The smallest absolute Gasteiger partial charge is 0.265 e. The van der Waals surface area contributed by atoms with Crippen LogP contribution in [0.25, 0.3) is 6.08 Å². The number of aryl methyl sites for hydroxylation is 1. The molecule has 5 heteroatoms. The number of amides is 2. The highest BCUT2D eigenvalue weighted by Crippen LogP contribution is 2.20. The van der Waals surface area contributed by atoms with Crippen molar-refractivity contribution in [2.45, 2.75) is 20.8 Å². The Balaban J connectivity index is 2.44. The van der Waals surface area contributed by atoms with Crippen LogP contribution in [0, 0.1) is 6.92 Å². The largest absolute Gasteiger partial charge is 0.285 e. The SMILES string of the molecule is CCN1C(=O)C(=Cc2ccc(C)cc2)C(=O)N(CC)C1=S. The highest BCUT2D eigenvalue weighted by atomic mass is 32.1. The molecule has 2 rings (SSSR count). The second-order valence-corrected chi connectivity index (χ2v) is 5.22. The molecule has 1 aromatic rings. The Morgan fingerprint density at radius 3 is 1.90 bits per heavy atom. The van der Waals surface area contributed by atoms with Crippen LogP contribution in [0.3, 0.4) is 0 Å². The lowest BCUT2D eigenvalue weighted by Crippen LogP contribution is -2.55. The molecule has 0 aliphatic carbocycles. The summed E-state index contributed by atoms with van der Waals surface area (Å²) < 4.78 is 0. The van der Waals surface area contributed by atoms with Crippen LogP contribution in [0.2, 0.25) is 0 Å². The topological polar surface area (TPSA) is 40.6 Å². The molecule has 1 aliphatic rings. The monoisotopic (exact) mass is 302 g/mol. The van der Waals surface area contributed by atoms with Crippen LogP contribution < -0.4 is 0 Å². The van der Waals surface area contributed by atoms with Crippen molar-refractivity contribution in [3.63, 3.8) is 0 Å². The first kappa shape index (κ1) is 15.4. The van der Waals surface area contributed by atoms with Crippen LogP contribution in [0.4, 0.5) is 0 Å². The van der Waals surface area contributed by atoms with Gasteiger partial charge in [-0.15, -0.1) is 0 Å². The number of rotatable bonds is 3. The number of hydrogen-bond donors (Lipinski definition) is 0. The summed E-state index contributed by atoms with van der Waals surface area (Å²) in [6.45, 7) is 6.58. The fourth-order valence-corrected chi connectivity index (χ4v) is 2.64. The number of benzene rings is 1. The van der Waals surface area contributed by atoms with E-state index in [1.54, 1.807) is 6.08 Å². The summed E-state index contributed by atoms with van der Waals surface area (Å²) in [4.78, 5) is 27.8. The Bertz CT molecular complexity index is 592.